The van der Waals surface area contributed by atoms with Gasteiger partial charge >= 0.3 is 12.1 Å². The van der Waals surface area contributed by atoms with Gasteiger partial charge in [-0.15, -0.1) is 11.8 Å². The number of methoxy groups -OCH3 is 2. The topological polar surface area (TPSA) is 65.1 Å². The van der Waals surface area contributed by atoms with Crippen molar-refractivity contribution >= 4 is 23.6 Å². The Bertz CT molecular complexity index is 974. The van der Waals surface area contributed by atoms with E-state index in [1.165, 1.54) is 43.0 Å². The van der Waals surface area contributed by atoms with Gasteiger partial charge in [-0.05, 0) is 36.2 Å². The Balaban J connectivity index is 2.04. The Morgan fingerprint density at radius 3 is 2.18 bits per heavy atom. The first-order chi connectivity index (χ1) is 15.7. The number of thioether (sulfide) groups is 1. The molecule has 0 spiro atoms. The third kappa shape index (κ3) is 5.21. The van der Waals surface area contributed by atoms with Crippen LogP contribution in [0.25, 0.3) is 0 Å². The molecule has 1 aliphatic heterocycles. The number of hydrogen-bond acceptors (Lipinski definition) is 6. The van der Waals surface area contributed by atoms with E-state index in [2.05, 4.69) is 0 Å². The van der Waals surface area contributed by atoms with Gasteiger partial charge in [0.2, 0.25) is 0 Å². The minimum atomic E-state index is -4.48. The summed E-state index contributed by atoms with van der Waals surface area (Å²) in [5.74, 6) is -0.373. The Labute approximate surface area is 194 Å². The van der Waals surface area contributed by atoms with Crippen LogP contribution in [0.3, 0.4) is 0 Å². The van der Waals surface area contributed by atoms with Gasteiger partial charge < -0.3 is 19.1 Å². The number of halogens is 3. The molecule has 1 aliphatic rings. The smallest absolute Gasteiger partial charge is 0.416 e. The number of hydrogen-bond donors (Lipinski definition) is 0. The van der Waals surface area contributed by atoms with Crippen LogP contribution < -0.4 is 9.47 Å². The molecule has 178 valence electrons. The van der Waals surface area contributed by atoms with Crippen LogP contribution in [-0.2, 0) is 15.7 Å². The highest BCUT2D eigenvalue weighted by Crippen LogP contribution is 2.45. The fraction of sp³-hybridized carbons (Fsp3) is 0.391. The van der Waals surface area contributed by atoms with Gasteiger partial charge in [-0.1, -0.05) is 25.1 Å². The normalized spacial score (nSPS) is 18.2. The van der Waals surface area contributed by atoms with Crippen LogP contribution in [-0.4, -0.2) is 49.4 Å². The summed E-state index contributed by atoms with van der Waals surface area (Å²) in [6.45, 7) is 2.05. The maximum atomic E-state index is 13.8. The van der Waals surface area contributed by atoms with Crippen LogP contribution in [0.1, 0.15) is 40.2 Å². The van der Waals surface area contributed by atoms with Crippen molar-refractivity contribution < 1.29 is 37.0 Å². The van der Waals surface area contributed by atoms with Gasteiger partial charge in [0.25, 0.3) is 5.91 Å². The molecule has 2 unspecified atom stereocenters. The first-order valence-corrected chi connectivity index (χ1v) is 11.3. The molecule has 1 saturated heterocycles. The van der Waals surface area contributed by atoms with E-state index < -0.39 is 35.0 Å². The van der Waals surface area contributed by atoms with E-state index in [1.807, 2.05) is 6.92 Å². The van der Waals surface area contributed by atoms with E-state index >= 15 is 0 Å². The Kier molecular flexibility index (Phi) is 7.78. The van der Waals surface area contributed by atoms with E-state index in [0.29, 0.717) is 12.0 Å². The quantitative estimate of drug-likeness (QED) is 0.521. The van der Waals surface area contributed by atoms with Crippen molar-refractivity contribution in [1.82, 2.24) is 4.90 Å². The number of rotatable bonds is 7. The molecule has 6 nitrogen and oxygen atoms in total. The van der Waals surface area contributed by atoms with Crippen LogP contribution in [0.4, 0.5) is 13.2 Å². The third-order valence-corrected chi connectivity index (χ3v) is 6.44. The zero-order valence-corrected chi connectivity index (χ0v) is 19.2. The molecule has 2 aromatic carbocycles. The predicted molar refractivity (Wildman–Crippen MR) is 117 cm³/mol. The Morgan fingerprint density at radius 2 is 1.67 bits per heavy atom. The van der Waals surface area contributed by atoms with Gasteiger partial charge in [-0.2, -0.15) is 13.2 Å². The fourth-order valence-corrected chi connectivity index (χ4v) is 4.93. The van der Waals surface area contributed by atoms with Crippen molar-refractivity contribution in [3.63, 3.8) is 0 Å². The standard InChI is InChI=1S/C23H24F3NO5S/c1-4-12-32-22(29)16-13-33-21(14-8-10-15(11-9-14)23(24,25)26)27(16)20(28)19-17(30-2)6-5-7-18(19)31-3/h5-11,16,21H,4,12-13H2,1-3H3. The first kappa shape index (κ1) is 24.8. The third-order valence-electron chi connectivity index (χ3n) is 5.12. The first-order valence-electron chi connectivity index (χ1n) is 10.2. The minimum Gasteiger partial charge on any atom is -0.496 e. The molecule has 0 aliphatic carbocycles. The minimum absolute atomic E-state index is 0.121. The highest BCUT2D eigenvalue weighted by atomic mass is 32.2. The van der Waals surface area contributed by atoms with Crippen molar-refractivity contribution in [2.45, 2.75) is 30.9 Å². The van der Waals surface area contributed by atoms with Gasteiger partial charge in [0.15, 0.2) is 0 Å². The summed E-state index contributed by atoms with van der Waals surface area (Å²) >= 11 is 1.28. The van der Waals surface area contributed by atoms with Gasteiger partial charge in [0, 0.05) is 5.75 Å². The lowest BCUT2D eigenvalue weighted by Gasteiger charge is -2.29. The molecular formula is C23H24F3NO5S. The molecule has 0 bridgehead atoms. The van der Waals surface area contributed by atoms with Crippen LogP contribution in [0.15, 0.2) is 42.5 Å². The largest absolute Gasteiger partial charge is 0.496 e. The lowest BCUT2D eigenvalue weighted by molar-refractivity contribution is -0.148. The molecule has 0 radical (unpaired) electrons. The Hall–Kier alpha value is -2.88. The monoisotopic (exact) mass is 483 g/mol. The molecule has 0 N–H and O–H groups in total. The second-order valence-electron chi connectivity index (χ2n) is 7.24. The molecule has 1 fully saturated rings. The molecule has 2 atom stereocenters. The zero-order chi connectivity index (χ0) is 24.2. The molecule has 3 rings (SSSR count). The van der Waals surface area contributed by atoms with Gasteiger partial charge in [0.1, 0.15) is 28.5 Å². The predicted octanol–water partition coefficient (Wildman–Crippen LogP) is 4.93. The molecule has 1 heterocycles. The highest BCUT2D eigenvalue weighted by Gasteiger charge is 2.45. The summed E-state index contributed by atoms with van der Waals surface area (Å²) in [7, 11) is 2.81. The van der Waals surface area contributed by atoms with Crippen LogP contribution in [0, 0.1) is 0 Å². The summed E-state index contributed by atoms with van der Waals surface area (Å²) < 4.78 is 55.0. The number of ether oxygens (including phenoxy) is 3. The van der Waals surface area contributed by atoms with Crippen molar-refractivity contribution in [3.8, 4) is 11.5 Å². The number of esters is 1. The Morgan fingerprint density at radius 1 is 1.06 bits per heavy atom. The molecule has 2 aromatic rings. The van der Waals surface area contributed by atoms with Crippen LogP contribution in [0.2, 0.25) is 0 Å². The molecule has 0 saturated carbocycles. The molecule has 10 heteroatoms. The van der Waals surface area contributed by atoms with Gasteiger partial charge in [0.05, 0.1) is 26.4 Å². The summed E-state index contributed by atoms with van der Waals surface area (Å²) in [5.41, 5.74) is -0.214. The van der Waals surface area contributed by atoms with Crippen LogP contribution >= 0.6 is 11.8 Å². The lowest BCUT2D eigenvalue weighted by atomic mass is 10.1. The zero-order valence-electron chi connectivity index (χ0n) is 18.3. The average molecular weight is 484 g/mol. The summed E-state index contributed by atoms with van der Waals surface area (Å²) in [6.07, 6.45) is -3.86. The van der Waals surface area contributed by atoms with Gasteiger partial charge in [-0.25, -0.2) is 4.79 Å². The summed E-state index contributed by atoms with van der Waals surface area (Å²) in [4.78, 5) is 27.9. The number of nitrogens with zero attached hydrogens (tertiary/aromatic N) is 1. The number of benzene rings is 2. The second kappa shape index (κ2) is 10.4. The van der Waals surface area contributed by atoms with Crippen molar-refractivity contribution in [2.75, 3.05) is 26.6 Å². The maximum Gasteiger partial charge on any atom is 0.416 e. The second-order valence-corrected chi connectivity index (χ2v) is 8.35. The van der Waals surface area contributed by atoms with E-state index in [9.17, 15) is 22.8 Å². The number of amides is 1. The average Bonchev–Trinajstić information content (AvgIpc) is 3.26. The van der Waals surface area contributed by atoms with Crippen molar-refractivity contribution in [3.05, 3.63) is 59.2 Å². The molecule has 33 heavy (non-hydrogen) atoms. The van der Waals surface area contributed by atoms with E-state index in [-0.39, 0.29) is 29.4 Å². The fourth-order valence-electron chi connectivity index (χ4n) is 3.52. The van der Waals surface area contributed by atoms with E-state index in [1.54, 1.807) is 18.2 Å². The number of alkyl halides is 3. The summed E-state index contributed by atoms with van der Waals surface area (Å²) in [6, 6.07) is 8.49. The van der Waals surface area contributed by atoms with E-state index in [4.69, 9.17) is 14.2 Å². The van der Waals surface area contributed by atoms with Crippen molar-refractivity contribution in [2.24, 2.45) is 0 Å². The lowest BCUT2D eigenvalue weighted by Crippen LogP contribution is -2.44. The van der Waals surface area contributed by atoms with Crippen molar-refractivity contribution in [1.29, 1.82) is 0 Å². The SMILES string of the molecule is CCCOC(=O)C1CSC(c2ccc(C(F)(F)F)cc2)N1C(=O)c1c(OC)cccc1OC. The molecule has 0 aromatic heterocycles. The van der Waals surface area contributed by atoms with Gasteiger partial charge in [-0.3, -0.25) is 4.79 Å². The van der Waals surface area contributed by atoms with E-state index in [0.717, 1.165) is 12.1 Å². The molecule has 1 amide bonds. The summed E-state index contributed by atoms with van der Waals surface area (Å²) in [5, 5.41) is -0.700. The van der Waals surface area contributed by atoms with Crippen LogP contribution in [0.5, 0.6) is 11.5 Å². The molecular weight excluding hydrogens is 459 g/mol. The highest BCUT2D eigenvalue weighted by molar-refractivity contribution is 7.99. The maximum absolute atomic E-state index is 13.8. The number of carbonyl (C=O) groups is 2. The number of carbonyl (C=O) groups excluding carboxylic acids is 2.